The third kappa shape index (κ3) is 4.46. The van der Waals surface area contributed by atoms with Crippen LogP contribution in [0.1, 0.15) is 50.4 Å². The second-order valence-corrected chi connectivity index (χ2v) is 8.70. The van der Waals surface area contributed by atoms with Crippen LogP contribution in [0.4, 0.5) is 0 Å². The number of carbonyl (C=O) groups excluding carboxylic acids is 3. The van der Waals surface area contributed by atoms with Crippen molar-refractivity contribution in [2.45, 2.75) is 51.6 Å². The highest BCUT2D eigenvalue weighted by Crippen LogP contribution is 2.26. The minimum atomic E-state index is -0.307. The van der Waals surface area contributed by atoms with Crippen molar-refractivity contribution in [1.82, 2.24) is 15.1 Å². The number of hydrogen-bond donors (Lipinski definition) is 2. The molecular formula is C21H29N3O4. The van der Waals surface area contributed by atoms with Gasteiger partial charge in [-0.2, -0.15) is 0 Å². The highest BCUT2D eigenvalue weighted by Gasteiger charge is 2.40. The van der Waals surface area contributed by atoms with E-state index in [4.69, 9.17) is 0 Å². The lowest BCUT2D eigenvalue weighted by Gasteiger charge is -2.33. The van der Waals surface area contributed by atoms with E-state index in [1.807, 2.05) is 20.8 Å². The van der Waals surface area contributed by atoms with E-state index in [0.29, 0.717) is 38.0 Å². The molecule has 2 aliphatic heterocycles. The number of benzene rings is 1. The van der Waals surface area contributed by atoms with Crippen molar-refractivity contribution >= 4 is 17.7 Å². The van der Waals surface area contributed by atoms with Crippen LogP contribution >= 0.6 is 0 Å². The Balaban J connectivity index is 1.50. The van der Waals surface area contributed by atoms with Crippen molar-refractivity contribution in [3.05, 3.63) is 29.8 Å². The number of carbonyl (C=O) groups is 3. The van der Waals surface area contributed by atoms with Crippen LogP contribution in [0.3, 0.4) is 0 Å². The Bertz CT molecular complexity index is 763. The van der Waals surface area contributed by atoms with Crippen LogP contribution in [0.5, 0.6) is 5.75 Å². The van der Waals surface area contributed by atoms with Crippen molar-refractivity contribution < 1.29 is 19.5 Å². The average Bonchev–Trinajstić information content (AvgIpc) is 3.04. The third-order valence-corrected chi connectivity index (χ3v) is 5.53. The normalized spacial score (nSPS) is 21.1. The number of nitrogens with zero attached hydrogens (tertiary/aromatic N) is 2. The molecule has 1 unspecified atom stereocenters. The summed E-state index contributed by atoms with van der Waals surface area (Å²) in [5, 5.41) is 12.6. The van der Waals surface area contributed by atoms with Gasteiger partial charge in [-0.05, 0) is 51.8 Å². The molecule has 7 nitrogen and oxygen atoms in total. The van der Waals surface area contributed by atoms with Crippen molar-refractivity contribution in [2.75, 3.05) is 19.6 Å². The quantitative estimate of drug-likeness (QED) is 0.827. The summed E-state index contributed by atoms with van der Waals surface area (Å²) in [7, 11) is 0. The van der Waals surface area contributed by atoms with Gasteiger partial charge in [-0.1, -0.05) is 6.07 Å². The lowest BCUT2D eigenvalue weighted by molar-refractivity contribution is -0.132. The summed E-state index contributed by atoms with van der Waals surface area (Å²) >= 11 is 0. The first-order valence-electron chi connectivity index (χ1n) is 9.84. The molecule has 3 rings (SSSR count). The van der Waals surface area contributed by atoms with Gasteiger partial charge < -0.3 is 20.2 Å². The largest absolute Gasteiger partial charge is 0.508 e. The Morgan fingerprint density at radius 3 is 2.43 bits per heavy atom. The number of likely N-dealkylation sites (tertiary alicyclic amines) is 2. The third-order valence-electron chi connectivity index (χ3n) is 5.53. The smallest absolute Gasteiger partial charge is 0.253 e. The molecule has 2 saturated heterocycles. The number of phenolic OH excluding ortho intramolecular Hbond substituents is 1. The second-order valence-electron chi connectivity index (χ2n) is 8.70. The van der Waals surface area contributed by atoms with Gasteiger partial charge in [-0.25, -0.2) is 0 Å². The summed E-state index contributed by atoms with van der Waals surface area (Å²) in [6, 6.07) is 6.36. The molecule has 2 heterocycles. The van der Waals surface area contributed by atoms with E-state index in [-0.39, 0.29) is 47.4 Å². The molecule has 2 fully saturated rings. The van der Waals surface area contributed by atoms with Crippen LogP contribution in [-0.4, -0.2) is 63.8 Å². The standard InChI is InChI=1S/C21H29N3O4/c1-21(2,3)24-13-15(12-18(24)26)19(27)22-16-7-9-23(10-8-16)20(28)14-5-4-6-17(25)11-14/h4-6,11,15-16,25H,7-10,12-13H2,1-3H3,(H,22,27). The summed E-state index contributed by atoms with van der Waals surface area (Å²) in [5.41, 5.74) is 0.193. The lowest BCUT2D eigenvalue weighted by Crippen LogP contribution is -2.48. The van der Waals surface area contributed by atoms with E-state index >= 15 is 0 Å². The van der Waals surface area contributed by atoms with Gasteiger partial charge in [-0.15, -0.1) is 0 Å². The number of piperidine rings is 1. The number of aromatic hydroxyl groups is 1. The van der Waals surface area contributed by atoms with Gasteiger partial charge >= 0.3 is 0 Å². The summed E-state index contributed by atoms with van der Waals surface area (Å²) in [6.07, 6.45) is 1.62. The highest BCUT2D eigenvalue weighted by atomic mass is 16.3. The van der Waals surface area contributed by atoms with Crippen LogP contribution in [0.15, 0.2) is 24.3 Å². The van der Waals surface area contributed by atoms with Crippen LogP contribution in [-0.2, 0) is 9.59 Å². The molecule has 0 aliphatic carbocycles. The SMILES string of the molecule is CC(C)(C)N1CC(C(=O)NC2CCN(C(=O)c3cccc(O)c3)CC2)CC1=O. The molecule has 0 saturated carbocycles. The molecule has 0 bridgehead atoms. The van der Waals surface area contributed by atoms with Gasteiger partial charge in [0.05, 0.1) is 5.92 Å². The van der Waals surface area contributed by atoms with E-state index in [2.05, 4.69) is 5.32 Å². The fraction of sp³-hybridized carbons (Fsp3) is 0.571. The molecule has 0 spiro atoms. The molecule has 2 aliphatic rings. The molecule has 0 aromatic heterocycles. The molecule has 152 valence electrons. The monoisotopic (exact) mass is 387 g/mol. The number of nitrogens with one attached hydrogen (secondary N) is 1. The van der Waals surface area contributed by atoms with E-state index < -0.39 is 0 Å². The van der Waals surface area contributed by atoms with Crippen molar-refractivity contribution in [3.63, 3.8) is 0 Å². The van der Waals surface area contributed by atoms with Gasteiger partial charge in [0.25, 0.3) is 5.91 Å². The first-order valence-corrected chi connectivity index (χ1v) is 9.84. The molecule has 0 radical (unpaired) electrons. The Kier molecular flexibility index (Phi) is 5.63. The molecule has 1 aromatic rings. The first kappa shape index (κ1) is 20.2. The lowest BCUT2D eigenvalue weighted by atomic mass is 10.0. The number of rotatable bonds is 3. The summed E-state index contributed by atoms with van der Waals surface area (Å²) in [4.78, 5) is 40.9. The van der Waals surface area contributed by atoms with E-state index in [1.165, 1.54) is 12.1 Å². The predicted octanol–water partition coefficient (Wildman–Crippen LogP) is 1.76. The maximum atomic E-state index is 12.6. The van der Waals surface area contributed by atoms with E-state index in [0.717, 1.165) is 0 Å². The molecular weight excluding hydrogens is 358 g/mol. The highest BCUT2D eigenvalue weighted by molar-refractivity contribution is 5.94. The Morgan fingerprint density at radius 1 is 1.18 bits per heavy atom. The minimum Gasteiger partial charge on any atom is -0.508 e. The van der Waals surface area contributed by atoms with Crippen molar-refractivity contribution in [1.29, 1.82) is 0 Å². The Labute approximate surface area is 165 Å². The maximum Gasteiger partial charge on any atom is 0.253 e. The van der Waals surface area contributed by atoms with Crippen LogP contribution < -0.4 is 5.32 Å². The van der Waals surface area contributed by atoms with Gasteiger partial charge in [0.2, 0.25) is 11.8 Å². The fourth-order valence-electron chi connectivity index (χ4n) is 3.90. The second kappa shape index (κ2) is 7.81. The number of hydrogen-bond acceptors (Lipinski definition) is 4. The Morgan fingerprint density at radius 2 is 1.86 bits per heavy atom. The zero-order valence-electron chi connectivity index (χ0n) is 16.8. The van der Waals surface area contributed by atoms with Gasteiger partial charge in [0, 0.05) is 43.2 Å². The average molecular weight is 387 g/mol. The molecule has 3 amide bonds. The summed E-state index contributed by atoms with van der Waals surface area (Å²) in [6.45, 7) is 7.50. The van der Waals surface area contributed by atoms with Crippen LogP contribution in [0.2, 0.25) is 0 Å². The fourth-order valence-corrected chi connectivity index (χ4v) is 3.90. The van der Waals surface area contributed by atoms with Crippen molar-refractivity contribution in [3.8, 4) is 5.75 Å². The van der Waals surface area contributed by atoms with Gasteiger partial charge in [-0.3, -0.25) is 14.4 Å². The number of amides is 3. The summed E-state index contributed by atoms with van der Waals surface area (Å²) < 4.78 is 0. The zero-order chi connectivity index (χ0) is 20.5. The van der Waals surface area contributed by atoms with E-state index in [1.54, 1.807) is 21.9 Å². The molecule has 2 N–H and O–H groups in total. The topological polar surface area (TPSA) is 90.0 Å². The van der Waals surface area contributed by atoms with Crippen molar-refractivity contribution in [2.24, 2.45) is 5.92 Å². The summed E-state index contributed by atoms with van der Waals surface area (Å²) in [5.74, 6) is -0.387. The maximum absolute atomic E-state index is 12.6. The molecule has 28 heavy (non-hydrogen) atoms. The van der Waals surface area contributed by atoms with Gasteiger partial charge in [0.1, 0.15) is 5.75 Å². The van der Waals surface area contributed by atoms with Gasteiger partial charge in [0.15, 0.2) is 0 Å². The van der Waals surface area contributed by atoms with Crippen LogP contribution in [0.25, 0.3) is 0 Å². The minimum absolute atomic E-state index is 0.0134. The Hall–Kier alpha value is -2.57. The van der Waals surface area contributed by atoms with E-state index in [9.17, 15) is 19.5 Å². The predicted molar refractivity (Wildman–Crippen MR) is 105 cm³/mol. The van der Waals surface area contributed by atoms with Crippen LogP contribution in [0, 0.1) is 5.92 Å². The number of phenols is 1. The molecule has 1 atom stereocenters. The zero-order valence-corrected chi connectivity index (χ0v) is 16.8. The first-order chi connectivity index (χ1) is 13.1. The molecule has 1 aromatic carbocycles. The molecule has 7 heteroatoms.